The Labute approximate surface area is 74.8 Å². The van der Waals surface area contributed by atoms with E-state index in [2.05, 4.69) is 19.8 Å². The molecule has 12 heavy (non-hydrogen) atoms. The molecule has 0 spiro atoms. The van der Waals surface area contributed by atoms with Gasteiger partial charge < -0.3 is 4.74 Å². The topological polar surface area (TPSA) is 9.23 Å². The summed E-state index contributed by atoms with van der Waals surface area (Å²) in [5.74, 6) is 3.33. The average molecular weight is 164 g/mol. The minimum atomic E-state index is 0.328. The molecule has 0 aromatic rings. The highest BCUT2D eigenvalue weighted by molar-refractivity contribution is 5.33. The molecule has 1 nitrogen and oxygen atoms in total. The molecule has 1 aliphatic rings. The molecule has 0 radical (unpaired) electrons. The van der Waals surface area contributed by atoms with Gasteiger partial charge in [0, 0.05) is 19.1 Å². The van der Waals surface area contributed by atoms with Gasteiger partial charge in [0.2, 0.25) is 0 Å². The van der Waals surface area contributed by atoms with Crippen LogP contribution in [-0.4, -0.2) is 13.2 Å². The van der Waals surface area contributed by atoms with Crippen molar-refractivity contribution >= 4 is 0 Å². The lowest BCUT2D eigenvalue weighted by Gasteiger charge is -2.27. The molecule has 0 saturated carbocycles. The van der Waals surface area contributed by atoms with Crippen LogP contribution in [0.15, 0.2) is 11.1 Å². The molecular formula is C11H16O. The Hall–Kier alpha value is -0.740. The zero-order valence-corrected chi connectivity index (χ0v) is 8.05. The molecule has 0 bridgehead atoms. The van der Waals surface area contributed by atoms with E-state index < -0.39 is 0 Å². The molecule has 2 atom stereocenters. The molecular weight excluding hydrogens is 148 g/mol. The zero-order valence-electron chi connectivity index (χ0n) is 8.05. The van der Waals surface area contributed by atoms with Gasteiger partial charge in [-0.2, -0.15) is 0 Å². The molecule has 0 aromatic carbocycles. The second kappa shape index (κ2) is 3.78. The maximum absolute atomic E-state index is 5.41. The van der Waals surface area contributed by atoms with Gasteiger partial charge >= 0.3 is 0 Å². The average Bonchev–Trinajstić information content (AvgIpc) is 2.09. The van der Waals surface area contributed by atoms with Crippen molar-refractivity contribution in [1.82, 2.24) is 0 Å². The van der Waals surface area contributed by atoms with Crippen molar-refractivity contribution in [2.45, 2.75) is 32.8 Å². The molecule has 1 rings (SSSR count). The van der Waals surface area contributed by atoms with Crippen LogP contribution in [0.25, 0.3) is 0 Å². The molecule has 0 heterocycles. The molecule has 1 aliphatic carbocycles. The standard InChI is InChI=1S/C11H16O/c1-5-10-7-11(12-4)6-8(2)9(10)3/h1,8,11H,6-7H2,2-4H3/t8-,11?/m0/s1. The fourth-order valence-electron chi connectivity index (χ4n) is 1.69. The van der Waals surface area contributed by atoms with Gasteiger partial charge in [0.1, 0.15) is 0 Å². The highest BCUT2D eigenvalue weighted by Gasteiger charge is 2.22. The number of ether oxygens (including phenoxy) is 1. The Morgan fingerprint density at radius 1 is 1.58 bits per heavy atom. The van der Waals surface area contributed by atoms with Gasteiger partial charge in [-0.15, -0.1) is 6.42 Å². The first kappa shape index (κ1) is 9.35. The van der Waals surface area contributed by atoms with Crippen molar-refractivity contribution < 1.29 is 4.74 Å². The summed E-state index contributed by atoms with van der Waals surface area (Å²) in [7, 11) is 1.76. The highest BCUT2D eigenvalue weighted by atomic mass is 16.5. The Morgan fingerprint density at radius 2 is 2.25 bits per heavy atom. The molecule has 1 unspecified atom stereocenters. The van der Waals surface area contributed by atoms with Crippen molar-refractivity contribution in [3.05, 3.63) is 11.1 Å². The smallest absolute Gasteiger partial charge is 0.0623 e. The van der Waals surface area contributed by atoms with Gasteiger partial charge in [-0.25, -0.2) is 0 Å². The maximum atomic E-state index is 5.41. The van der Waals surface area contributed by atoms with Crippen molar-refractivity contribution in [3.63, 3.8) is 0 Å². The number of hydrogen-bond acceptors (Lipinski definition) is 1. The summed E-state index contributed by atoms with van der Waals surface area (Å²) >= 11 is 0. The van der Waals surface area contributed by atoms with Gasteiger partial charge in [-0.3, -0.25) is 0 Å². The predicted molar refractivity (Wildman–Crippen MR) is 50.7 cm³/mol. The van der Waals surface area contributed by atoms with Crippen LogP contribution < -0.4 is 0 Å². The summed E-state index contributed by atoms with van der Waals surface area (Å²) in [5.41, 5.74) is 2.51. The fraction of sp³-hybridized carbons (Fsp3) is 0.636. The normalized spacial score (nSPS) is 30.2. The van der Waals surface area contributed by atoms with E-state index >= 15 is 0 Å². The molecule has 1 heteroatoms. The molecule has 0 saturated heterocycles. The van der Waals surface area contributed by atoms with Crippen molar-refractivity contribution in [2.75, 3.05) is 7.11 Å². The molecule has 0 aromatic heterocycles. The molecule has 66 valence electrons. The van der Waals surface area contributed by atoms with Gasteiger partial charge in [-0.05, 0) is 19.3 Å². The van der Waals surface area contributed by atoms with Crippen LogP contribution in [0, 0.1) is 18.3 Å². The molecule has 0 aliphatic heterocycles. The number of terminal acetylenes is 1. The van der Waals surface area contributed by atoms with Crippen LogP contribution in [0.5, 0.6) is 0 Å². The summed E-state index contributed by atoms with van der Waals surface area (Å²) in [6, 6.07) is 0. The number of hydrogen-bond donors (Lipinski definition) is 0. The lowest BCUT2D eigenvalue weighted by atomic mass is 9.83. The summed E-state index contributed by atoms with van der Waals surface area (Å²) < 4.78 is 5.31. The van der Waals surface area contributed by atoms with Crippen LogP contribution in [0.2, 0.25) is 0 Å². The summed E-state index contributed by atoms with van der Waals surface area (Å²) in [6.45, 7) is 4.34. The third-order valence-electron chi connectivity index (χ3n) is 2.77. The second-order valence-corrected chi connectivity index (χ2v) is 3.50. The van der Waals surface area contributed by atoms with E-state index in [-0.39, 0.29) is 0 Å². The Bertz CT molecular complexity index is 232. The third kappa shape index (κ3) is 1.70. The van der Waals surface area contributed by atoms with Crippen LogP contribution in [0.1, 0.15) is 26.7 Å². The predicted octanol–water partition coefficient (Wildman–Crippen LogP) is 2.38. The van der Waals surface area contributed by atoms with Crippen LogP contribution in [0.4, 0.5) is 0 Å². The molecule has 0 fully saturated rings. The highest BCUT2D eigenvalue weighted by Crippen LogP contribution is 2.30. The first-order valence-electron chi connectivity index (χ1n) is 4.38. The largest absolute Gasteiger partial charge is 0.381 e. The van der Waals surface area contributed by atoms with Crippen LogP contribution in [-0.2, 0) is 4.74 Å². The van der Waals surface area contributed by atoms with Gasteiger partial charge in [-0.1, -0.05) is 18.4 Å². The second-order valence-electron chi connectivity index (χ2n) is 3.50. The van der Waals surface area contributed by atoms with Gasteiger partial charge in [0.25, 0.3) is 0 Å². The minimum Gasteiger partial charge on any atom is -0.381 e. The van der Waals surface area contributed by atoms with Gasteiger partial charge in [0.15, 0.2) is 0 Å². The monoisotopic (exact) mass is 164 g/mol. The van der Waals surface area contributed by atoms with Gasteiger partial charge in [0.05, 0.1) is 6.10 Å². The van der Waals surface area contributed by atoms with Crippen LogP contribution in [0.3, 0.4) is 0 Å². The van der Waals surface area contributed by atoms with E-state index in [4.69, 9.17) is 11.2 Å². The van der Waals surface area contributed by atoms with E-state index in [1.807, 2.05) is 0 Å². The van der Waals surface area contributed by atoms with Crippen molar-refractivity contribution in [2.24, 2.45) is 5.92 Å². The van der Waals surface area contributed by atoms with E-state index in [9.17, 15) is 0 Å². The number of allylic oxidation sites excluding steroid dienone is 1. The van der Waals surface area contributed by atoms with E-state index in [1.54, 1.807) is 7.11 Å². The zero-order chi connectivity index (χ0) is 9.14. The number of methoxy groups -OCH3 is 1. The lowest BCUT2D eigenvalue weighted by Crippen LogP contribution is -2.21. The summed E-state index contributed by atoms with van der Waals surface area (Å²) in [5, 5.41) is 0. The SMILES string of the molecule is C#CC1=C(C)[C@@H](C)CC(OC)C1. The van der Waals surface area contributed by atoms with Crippen molar-refractivity contribution in [1.29, 1.82) is 0 Å². The Kier molecular flexibility index (Phi) is 2.94. The fourth-order valence-corrected chi connectivity index (χ4v) is 1.69. The van der Waals surface area contributed by atoms with Crippen LogP contribution >= 0.6 is 0 Å². The summed E-state index contributed by atoms with van der Waals surface area (Å²) in [4.78, 5) is 0. The quantitative estimate of drug-likeness (QED) is 0.541. The van der Waals surface area contributed by atoms with Crippen molar-refractivity contribution in [3.8, 4) is 12.3 Å². The Balaban J connectivity index is 2.82. The molecule has 0 N–H and O–H groups in total. The summed E-state index contributed by atoms with van der Waals surface area (Å²) in [6.07, 6.45) is 7.76. The first-order valence-corrected chi connectivity index (χ1v) is 4.38. The first-order chi connectivity index (χ1) is 5.69. The van der Waals surface area contributed by atoms with E-state index in [0.717, 1.165) is 18.4 Å². The lowest BCUT2D eigenvalue weighted by molar-refractivity contribution is 0.0814. The van der Waals surface area contributed by atoms with E-state index in [0.29, 0.717) is 12.0 Å². The number of rotatable bonds is 1. The maximum Gasteiger partial charge on any atom is 0.0623 e. The molecule has 0 amide bonds. The third-order valence-corrected chi connectivity index (χ3v) is 2.77. The van der Waals surface area contributed by atoms with E-state index in [1.165, 1.54) is 5.57 Å². The minimum absolute atomic E-state index is 0.328. The Morgan fingerprint density at radius 3 is 2.75 bits per heavy atom.